The molecule has 3 rings (SSSR count). The molecule has 0 aliphatic rings. The zero-order chi connectivity index (χ0) is 23.3. The largest absolute Gasteiger partial charge is 0.298 e. The molecule has 6 nitrogen and oxygen atoms in total. The maximum Gasteiger partial charge on any atom is 0.288 e. The number of benzene rings is 2. The molecule has 172 valence electrons. The Morgan fingerprint density at radius 2 is 1.78 bits per heavy atom. The third-order valence-electron chi connectivity index (χ3n) is 4.51. The van der Waals surface area contributed by atoms with Crippen LogP contribution < -0.4 is 5.32 Å². The van der Waals surface area contributed by atoms with Gasteiger partial charge in [0.05, 0.1) is 15.1 Å². The number of sulfonamides is 1. The fraction of sp³-hybridized carbons (Fsp3) is 0.333. The summed E-state index contributed by atoms with van der Waals surface area (Å²) in [6, 6.07) is 10.6. The highest BCUT2D eigenvalue weighted by molar-refractivity contribution is 7.99. The SMILES string of the molecule is CCCN(CCC)S(=O)(=O)c1ccc(C(=O)Nc2nc3ccc(SC(F)F)cc3s2)cc1. The second kappa shape index (κ2) is 10.7. The van der Waals surface area contributed by atoms with Crippen LogP contribution in [0.25, 0.3) is 10.2 Å². The van der Waals surface area contributed by atoms with Crippen molar-refractivity contribution in [3.05, 3.63) is 48.0 Å². The van der Waals surface area contributed by atoms with E-state index in [1.807, 2.05) is 13.8 Å². The fourth-order valence-corrected chi connectivity index (χ4v) is 6.22. The van der Waals surface area contributed by atoms with E-state index in [1.54, 1.807) is 18.2 Å². The Hall–Kier alpha value is -2.08. The van der Waals surface area contributed by atoms with Gasteiger partial charge in [-0.25, -0.2) is 13.4 Å². The van der Waals surface area contributed by atoms with Crippen molar-refractivity contribution in [2.75, 3.05) is 18.4 Å². The number of hydrogen-bond acceptors (Lipinski definition) is 6. The molecule has 1 heterocycles. The molecule has 0 unspecified atom stereocenters. The maximum absolute atomic E-state index is 12.8. The van der Waals surface area contributed by atoms with Gasteiger partial charge in [-0.05, 0) is 55.3 Å². The number of nitrogens with one attached hydrogen (secondary N) is 1. The minimum absolute atomic E-state index is 0.139. The molecule has 0 saturated heterocycles. The first-order valence-corrected chi connectivity index (χ1v) is 13.1. The van der Waals surface area contributed by atoms with E-state index in [9.17, 15) is 22.0 Å². The van der Waals surface area contributed by atoms with Crippen LogP contribution in [0.15, 0.2) is 52.3 Å². The number of fused-ring (bicyclic) bond motifs is 1. The lowest BCUT2D eigenvalue weighted by Gasteiger charge is -2.21. The molecule has 0 fully saturated rings. The number of anilines is 1. The Morgan fingerprint density at radius 3 is 2.38 bits per heavy atom. The van der Waals surface area contributed by atoms with Gasteiger partial charge in [0, 0.05) is 23.5 Å². The lowest BCUT2D eigenvalue weighted by atomic mass is 10.2. The third-order valence-corrected chi connectivity index (χ3v) is 8.06. The molecule has 11 heteroatoms. The average molecular weight is 500 g/mol. The Morgan fingerprint density at radius 1 is 1.12 bits per heavy atom. The predicted octanol–water partition coefficient (Wildman–Crippen LogP) is 5.67. The molecular formula is C21H23F2N3O3S3. The number of carbonyl (C=O) groups is 1. The number of carbonyl (C=O) groups excluding carboxylic acids is 1. The van der Waals surface area contributed by atoms with Crippen LogP contribution in [0.5, 0.6) is 0 Å². The number of aromatic nitrogens is 1. The van der Waals surface area contributed by atoms with E-state index in [0.29, 0.717) is 57.9 Å². The highest BCUT2D eigenvalue weighted by Crippen LogP contribution is 2.32. The van der Waals surface area contributed by atoms with E-state index in [2.05, 4.69) is 10.3 Å². The Bertz CT molecular complexity index is 1180. The van der Waals surface area contributed by atoms with E-state index in [4.69, 9.17) is 0 Å². The number of rotatable bonds is 10. The smallest absolute Gasteiger partial charge is 0.288 e. The summed E-state index contributed by atoms with van der Waals surface area (Å²) < 4.78 is 52.9. The van der Waals surface area contributed by atoms with Crippen LogP contribution in [-0.2, 0) is 10.0 Å². The molecule has 3 aromatic rings. The van der Waals surface area contributed by atoms with Crippen molar-refractivity contribution >= 4 is 54.4 Å². The molecular weight excluding hydrogens is 476 g/mol. The lowest BCUT2D eigenvalue weighted by Crippen LogP contribution is -2.32. The van der Waals surface area contributed by atoms with Gasteiger partial charge in [0.25, 0.3) is 11.7 Å². The molecule has 0 aliphatic heterocycles. The first-order chi connectivity index (χ1) is 15.2. The van der Waals surface area contributed by atoms with Gasteiger partial charge in [-0.3, -0.25) is 10.1 Å². The summed E-state index contributed by atoms with van der Waals surface area (Å²) in [5, 5.41) is 3.01. The second-order valence-electron chi connectivity index (χ2n) is 6.91. The van der Waals surface area contributed by atoms with Crippen LogP contribution in [0.2, 0.25) is 0 Å². The highest BCUT2D eigenvalue weighted by Gasteiger charge is 2.23. The first-order valence-electron chi connectivity index (χ1n) is 10.0. The molecule has 1 aromatic heterocycles. The van der Waals surface area contributed by atoms with Gasteiger partial charge in [-0.2, -0.15) is 13.1 Å². The van der Waals surface area contributed by atoms with Crippen LogP contribution in [0, 0.1) is 0 Å². The van der Waals surface area contributed by atoms with Crippen LogP contribution in [0.1, 0.15) is 37.0 Å². The summed E-state index contributed by atoms with van der Waals surface area (Å²) in [5.74, 6) is -2.95. The molecule has 0 aliphatic carbocycles. The predicted molar refractivity (Wildman–Crippen MR) is 125 cm³/mol. The van der Waals surface area contributed by atoms with Gasteiger partial charge in [0.1, 0.15) is 0 Å². The standard InChI is InChI=1S/C21H23F2N3O3S3/c1-3-11-26(12-4-2)32(28,29)16-8-5-14(6-9-16)19(27)25-21-24-17-10-7-15(30-20(22)23)13-18(17)31-21/h5-10,13,20H,3-4,11-12H2,1-2H3,(H,24,25,27). The summed E-state index contributed by atoms with van der Waals surface area (Å²) in [7, 11) is -3.62. The Kier molecular flexibility index (Phi) is 8.21. The van der Waals surface area contributed by atoms with Crippen molar-refractivity contribution in [3.8, 4) is 0 Å². The van der Waals surface area contributed by atoms with Crippen molar-refractivity contribution in [2.45, 2.75) is 42.2 Å². The zero-order valence-corrected chi connectivity index (χ0v) is 20.0. The van der Waals surface area contributed by atoms with Gasteiger partial charge < -0.3 is 0 Å². The monoisotopic (exact) mass is 499 g/mol. The number of nitrogens with zero attached hydrogens (tertiary/aromatic N) is 2. The number of amides is 1. The molecule has 0 saturated carbocycles. The van der Waals surface area contributed by atoms with Crippen LogP contribution in [0.3, 0.4) is 0 Å². The topological polar surface area (TPSA) is 79.4 Å². The summed E-state index contributed by atoms with van der Waals surface area (Å²) in [4.78, 5) is 17.5. The minimum atomic E-state index is -3.62. The first kappa shape index (κ1) is 24.6. The molecule has 0 bridgehead atoms. The van der Waals surface area contributed by atoms with Gasteiger partial charge in [-0.1, -0.05) is 36.9 Å². The summed E-state index contributed by atoms with van der Waals surface area (Å²) in [6.07, 6.45) is 1.43. The summed E-state index contributed by atoms with van der Waals surface area (Å²) in [5.41, 5.74) is 0.881. The molecule has 0 atom stereocenters. The summed E-state index contributed by atoms with van der Waals surface area (Å²) >= 11 is 1.63. The highest BCUT2D eigenvalue weighted by atomic mass is 32.2. The fourth-order valence-electron chi connectivity index (χ4n) is 3.08. The van der Waals surface area contributed by atoms with Gasteiger partial charge in [0.2, 0.25) is 10.0 Å². The van der Waals surface area contributed by atoms with Gasteiger partial charge in [0.15, 0.2) is 5.13 Å². The van der Waals surface area contributed by atoms with E-state index in [1.165, 1.54) is 39.9 Å². The van der Waals surface area contributed by atoms with E-state index < -0.39 is 21.7 Å². The lowest BCUT2D eigenvalue weighted by molar-refractivity contribution is 0.102. The third kappa shape index (κ3) is 5.83. The number of thioether (sulfide) groups is 1. The van der Waals surface area contributed by atoms with E-state index in [-0.39, 0.29) is 10.5 Å². The molecule has 32 heavy (non-hydrogen) atoms. The zero-order valence-electron chi connectivity index (χ0n) is 17.5. The van der Waals surface area contributed by atoms with Crippen molar-refractivity contribution in [2.24, 2.45) is 0 Å². The average Bonchev–Trinajstić information content (AvgIpc) is 3.14. The van der Waals surface area contributed by atoms with Crippen molar-refractivity contribution < 1.29 is 22.0 Å². The molecule has 0 spiro atoms. The summed E-state index contributed by atoms with van der Waals surface area (Å²) in [6.45, 7) is 4.72. The minimum Gasteiger partial charge on any atom is -0.298 e. The Labute approximate surface area is 194 Å². The van der Waals surface area contributed by atoms with Crippen molar-refractivity contribution in [1.82, 2.24) is 9.29 Å². The number of thiazole rings is 1. The molecule has 1 amide bonds. The van der Waals surface area contributed by atoms with Crippen molar-refractivity contribution in [3.63, 3.8) is 0 Å². The van der Waals surface area contributed by atoms with Gasteiger partial charge >= 0.3 is 0 Å². The Balaban J connectivity index is 1.74. The number of hydrogen-bond donors (Lipinski definition) is 1. The molecule has 0 radical (unpaired) electrons. The van der Waals surface area contributed by atoms with Crippen LogP contribution in [-0.4, -0.2) is 42.5 Å². The van der Waals surface area contributed by atoms with Crippen LogP contribution >= 0.6 is 23.1 Å². The molecule has 2 aromatic carbocycles. The van der Waals surface area contributed by atoms with Gasteiger partial charge in [-0.15, -0.1) is 0 Å². The number of halogens is 2. The second-order valence-corrected chi connectivity index (χ2v) is 10.9. The van der Waals surface area contributed by atoms with Crippen LogP contribution in [0.4, 0.5) is 13.9 Å². The van der Waals surface area contributed by atoms with E-state index >= 15 is 0 Å². The normalized spacial score (nSPS) is 12.1. The molecule has 1 N–H and O–H groups in total. The van der Waals surface area contributed by atoms with E-state index in [0.717, 1.165) is 0 Å². The number of alkyl halides is 2. The van der Waals surface area contributed by atoms with Crippen molar-refractivity contribution in [1.29, 1.82) is 0 Å². The maximum atomic E-state index is 12.8. The quantitative estimate of drug-likeness (QED) is 0.364.